The minimum absolute atomic E-state index is 0.0123. The number of alkyl halides is 3. The fourth-order valence-corrected chi connectivity index (χ4v) is 2.10. The second-order valence-electron chi connectivity index (χ2n) is 5.45. The molecule has 2 aromatic carbocycles. The molecule has 0 bridgehead atoms. The summed E-state index contributed by atoms with van der Waals surface area (Å²) >= 11 is 0. The van der Waals surface area contributed by atoms with Crippen molar-refractivity contribution in [3.63, 3.8) is 0 Å². The Morgan fingerprint density at radius 3 is 1.70 bits per heavy atom. The largest absolute Gasteiger partial charge is 0.504 e. The summed E-state index contributed by atoms with van der Waals surface area (Å²) in [7, 11) is 0. The Hall–Kier alpha value is -3.43. The first-order chi connectivity index (χ1) is 12.6. The highest BCUT2D eigenvalue weighted by Crippen LogP contribution is 2.35. The monoisotopic (exact) mass is 384 g/mol. The maximum atomic E-state index is 12.5. The number of phenolic OH excluding ortho intramolecular Hbond substituents is 3. The van der Waals surface area contributed by atoms with Crippen molar-refractivity contribution in [2.24, 2.45) is 0 Å². The van der Waals surface area contributed by atoms with Gasteiger partial charge in [0.15, 0.2) is 17.2 Å². The Labute approximate surface area is 151 Å². The number of amides is 2. The lowest BCUT2D eigenvalue weighted by atomic mass is 10.1. The molecule has 0 heterocycles. The van der Waals surface area contributed by atoms with E-state index < -0.39 is 40.8 Å². The van der Waals surface area contributed by atoms with Gasteiger partial charge in [-0.1, -0.05) is 0 Å². The van der Waals surface area contributed by atoms with Crippen molar-refractivity contribution in [2.75, 3.05) is 13.1 Å². The van der Waals surface area contributed by atoms with Crippen LogP contribution < -0.4 is 10.6 Å². The number of nitrogens with one attached hydrogen (secondary N) is 2. The molecule has 2 aromatic rings. The lowest BCUT2D eigenvalue weighted by Crippen LogP contribution is -2.34. The Morgan fingerprint density at radius 2 is 1.26 bits per heavy atom. The molecule has 27 heavy (non-hydrogen) atoms. The number of phenols is 3. The van der Waals surface area contributed by atoms with Gasteiger partial charge >= 0.3 is 6.18 Å². The minimum atomic E-state index is -4.49. The molecule has 10 heteroatoms. The molecule has 2 amide bonds. The first-order valence-electron chi connectivity index (χ1n) is 7.58. The van der Waals surface area contributed by atoms with E-state index in [1.165, 1.54) is 0 Å². The summed E-state index contributed by atoms with van der Waals surface area (Å²) in [6, 6.07) is 5.56. The van der Waals surface area contributed by atoms with Gasteiger partial charge in [0.1, 0.15) is 0 Å². The van der Waals surface area contributed by atoms with E-state index in [0.29, 0.717) is 0 Å². The standard InChI is InChI=1S/C17H15F3N2O5/c18-17(19,20)11-3-1-9(2-4-11)15(26)21-5-6-22-16(27)10-7-12(23)14(25)13(24)8-10/h1-4,7-8,23-25H,5-6H2,(H,21,26)(H,22,27). The maximum Gasteiger partial charge on any atom is 0.416 e. The zero-order valence-corrected chi connectivity index (χ0v) is 13.7. The number of carbonyl (C=O) groups excluding carboxylic acids is 2. The highest BCUT2D eigenvalue weighted by molar-refractivity contribution is 5.96. The zero-order chi connectivity index (χ0) is 20.2. The zero-order valence-electron chi connectivity index (χ0n) is 13.7. The number of halogens is 3. The molecule has 0 spiro atoms. The molecular formula is C17H15F3N2O5. The normalized spacial score (nSPS) is 11.1. The third-order valence-corrected chi connectivity index (χ3v) is 3.50. The van der Waals surface area contributed by atoms with Crippen LogP contribution in [0, 0.1) is 0 Å². The van der Waals surface area contributed by atoms with Gasteiger partial charge in [0.2, 0.25) is 0 Å². The smallest absolute Gasteiger partial charge is 0.416 e. The predicted octanol–water partition coefficient (Wildman–Crippen LogP) is 1.98. The molecule has 144 valence electrons. The minimum Gasteiger partial charge on any atom is -0.504 e. The summed E-state index contributed by atoms with van der Waals surface area (Å²) in [6.07, 6.45) is -4.49. The molecule has 0 saturated carbocycles. The van der Waals surface area contributed by atoms with E-state index in [2.05, 4.69) is 10.6 Å². The van der Waals surface area contributed by atoms with Crippen molar-refractivity contribution in [1.29, 1.82) is 0 Å². The van der Waals surface area contributed by atoms with Crippen LogP contribution in [0.3, 0.4) is 0 Å². The molecule has 2 rings (SSSR count). The number of carbonyl (C=O) groups is 2. The van der Waals surface area contributed by atoms with Crippen molar-refractivity contribution in [2.45, 2.75) is 6.18 Å². The summed E-state index contributed by atoms with van der Waals surface area (Å²) in [5.41, 5.74) is -0.953. The van der Waals surface area contributed by atoms with Crippen LogP contribution in [-0.2, 0) is 6.18 Å². The number of hydrogen-bond acceptors (Lipinski definition) is 5. The summed E-state index contributed by atoms with van der Waals surface area (Å²) in [4.78, 5) is 23.7. The summed E-state index contributed by atoms with van der Waals surface area (Å²) in [6.45, 7) is -0.0325. The fraction of sp³-hybridized carbons (Fsp3) is 0.176. The van der Waals surface area contributed by atoms with Crippen LogP contribution in [0.25, 0.3) is 0 Å². The average Bonchev–Trinajstić information content (AvgIpc) is 2.61. The number of rotatable bonds is 5. The van der Waals surface area contributed by atoms with Gasteiger partial charge in [-0.25, -0.2) is 0 Å². The van der Waals surface area contributed by atoms with Crippen molar-refractivity contribution < 1.29 is 38.1 Å². The lowest BCUT2D eigenvalue weighted by Gasteiger charge is -2.10. The van der Waals surface area contributed by atoms with Crippen LogP contribution >= 0.6 is 0 Å². The second-order valence-corrected chi connectivity index (χ2v) is 5.45. The second kappa shape index (κ2) is 7.85. The van der Waals surface area contributed by atoms with E-state index >= 15 is 0 Å². The molecule has 0 unspecified atom stereocenters. The van der Waals surface area contributed by atoms with Crippen LogP contribution in [0.1, 0.15) is 26.3 Å². The molecule has 0 aliphatic carbocycles. The molecule has 0 aliphatic heterocycles. The van der Waals surface area contributed by atoms with Gasteiger partial charge < -0.3 is 26.0 Å². The average molecular weight is 384 g/mol. The molecule has 0 fully saturated rings. The van der Waals surface area contributed by atoms with Crippen molar-refractivity contribution in [3.05, 3.63) is 53.1 Å². The summed E-state index contributed by atoms with van der Waals surface area (Å²) < 4.78 is 37.4. The van der Waals surface area contributed by atoms with Crippen molar-refractivity contribution >= 4 is 11.8 Å². The third kappa shape index (κ3) is 5.03. The number of hydrogen-bond donors (Lipinski definition) is 5. The summed E-state index contributed by atoms with van der Waals surface area (Å²) in [5, 5.41) is 32.7. The Bertz CT molecular complexity index is 828. The van der Waals surface area contributed by atoms with Gasteiger partial charge in [-0.05, 0) is 36.4 Å². The Morgan fingerprint density at radius 1 is 0.815 bits per heavy atom. The van der Waals surface area contributed by atoms with Gasteiger partial charge in [0.25, 0.3) is 11.8 Å². The molecule has 0 saturated heterocycles. The highest BCUT2D eigenvalue weighted by atomic mass is 19.4. The molecule has 0 atom stereocenters. The van der Waals surface area contributed by atoms with Gasteiger partial charge in [0.05, 0.1) is 5.56 Å². The van der Waals surface area contributed by atoms with Crippen LogP contribution in [0.2, 0.25) is 0 Å². The number of aromatic hydroxyl groups is 3. The Balaban J connectivity index is 1.84. The van der Waals surface area contributed by atoms with Gasteiger partial charge in [0, 0.05) is 24.2 Å². The van der Waals surface area contributed by atoms with Crippen LogP contribution in [0.5, 0.6) is 17.2 Å². The lowest BCUT2D eigenvalue weighted by molar-refractivity contribution is -0.137. The van der Waals surface area contributed by atoms with Gasteiger partial charge in [-0.2, -0.15) is 13.2 Å². The molecular weight excluding hydrogens is 369 g/mol. The quantitative estimate of drug-likeness (QED) is 0.399. The van der Waals surface area contributed by atoms with Crippen LogP contribution in [-0.4, -0.2) is 40.2 Å². The highest BCUT2D eigenvalue weighted by Gasteiger charge is 2.30. The third-order valence-electron chi connectivity index (χ3n) is 3.50. The molecule has 7 nitrogen and oxygen atoms in total. The van der Waals surface area contributed by atoms with Crippen molar-refractivity contribution in [1.82, 2.24) is 10.6 Å². The van der Waals surface area contributed by atoms with E-state index in [4.69, 9.17) is 0 Å². The van der Waals surface area contributed by atoms with E-state index in [0.717, 1.165) is 36.4 Å². The fourth-order valence-electron chi connectivity index (χ4n) is 2.10. The first-order valence-corrected chi connectivity index (χ1v) is 7.58. The first kappa shape index (κ1) is 19.9. The van der Waals surface area contributed by atoms with Crippen molar-refractivity contribution in [3.8, 4) is 17.2 Å². The molecule has 5 N–H and O–H groups in total. The van der Waals surface area contributed by atoms with Crippen LogP contribution in [0.4, 0.5) is 13.2 Å². The van der Waals surface area contributed by atoms with E-state index in [-0.39, 0.29) is 24.2 Å². The Kier molecular flexibility index (Phi) is 5.78. The van der Waals surface area contributed by atoms with Gasteiger partial charge in [-0.3, -0.25) is 9.59 Å². The summed E-state index contributed by atoms with van der Waals surface area (Å²) in [5.74, 6) is -3.39. The van der Waals surface area contributed by atoms with E-state index in [9.17, 15) is 38.1 Å². The molecule has 0 aliphatic rings. The van der Waals surface area contributed by atoms with Crippen LogP contribution in [0.15, 0.2) is 36.4 Å². The topological polar surface area (TPSA) is 119 Å². The maximum absolute atomic E-state index is 12.5. The van der Waals surface area contributed by atoms with E-state index in [1.807, 2.05) is 0 Å². The predicted molar refractivity (Wildman–Crippen MR) is 87.5 cm³/mol. The number of benzene rings is 2. The van der Waals surface area contributed by atoms with E-state index in [1.54, 1.807) is 0 Å². The van der Waals surface area contributed by atoms with Gasteiger partial charge in [-0.15, -0.1) is 0 Å². The molecule has 0 radical (unpaired) electrons. The SMILES string of the molecule is O=C(NCCNC(=O)c1cc(O)c(O)c(O)c1)c1ccc(C(F)(F)F)cc1. The molecule has 0 aromatic heterocycles.